The molecule has 9 heteroatoms. The van der Waals surface area contributed by atoms with E-state index in [1.54, 1.807) is 16.9 Å². The van der Waals surface area contributed by atoms with E-state index in [-0.39, 0.29) is 13.0 Å². The Hall–Kier alpha value is -3.88. The van der Waals surface area contributed by atoms with E-state index in [4.69, 9.17) is 19.1 Å². The number of pyridine rings is 1. The maximum atomic E-state index is 10.9. The van der Waals surface area contributed by atoms with Crippen LogP contribution in [0, 0.1) is 0 Å². The highest BCUT2D eigenvalue weighted by Crippen LogP contribution is 2.20. The molecule has 1 N–H and O–H groups in total. The number of fused-ring (bicyclic) bond motifs is 1. The number of carboxylic acid groups (broad SMARTS) is 1. The number of hydrogen-bond donors (Lipinski definition) is 1. The largest absolute Gasteiger partial charge is 0.481 e. The summed E-state index contributed by atoms with van der Waals surface area (Å²) in [5, 5.41) is 18.3. The number of rotatable bonds is 10. The normalized spacial score (nSPS) is 11.0. The number of carboxylic acids is 1. The molecular weight excluding hydrogens is 400 g/mol. The second-order valence-electron chi connectivity index (χ2n) is 6.90. The first-order valence-corrected chi connectivity index (χ1v) is 9.94. The fourth-order valence-corrected chi connectivity index (χ4v) is 3.13. The van der Waals surface area contributed by atoms with Crippen molar-refractivity contribution in [1.82, 2.24) is 19.9 Å². The molecule has 0 saturated carbocycles. The van der Waals surface area contributed by atoms with Crippen molar-refractivity contribution in [1.29, 1.82) is 0 Å². The van der Waals surface area contributed by atoms with Gasteiger partial charge in [-0.2, -0.15) is 0 Å². The third-order valence-electron chi connectivity index (χ3n) is 4.57. The SMILES string of the molecule is CCOc1nn(Cc2cc(OCc3ccc4ccccc4n3)no2)cc1CCC(=O)O. The Morgan fingerprint density at radius 2 is 2.06 bits per heavy atom. The molecule has 9 nitrogen and oxygen atoms in total. The van der Waals surface area contributed by atoms with Crippen molar-refractivity contribution in [3.05, 3.63) is 65.7 Å². The Bertz CT molecular complexity index is 1180. The van der Waals surface area contributed by atoms with Crippen molar-refractivity contribution in [2.75, 3.05) is 6.61 Å². The molecule has 160 valence electrons. The first kappa shape index (κ1) is 20.4. The third-order valence-corrected chi connectivity index (χ3v) is 4.57. The predicted molar refractivity (Wildman–Crippen MR) is 111 cm³/mol. The molecule has 4 aromatic rings. The Balaban J connectivity index is 1.39. The molecule has 31 heavy (non-hydrogen) atoms. The van der Waals surface area contributed by atoms with Gasteiger partial charge in [-0.15, -0.1) is 5.10 Å². The van der Waals surface area contributed by atoms with Crippen LogP contribution >= 0.6 is 0 Å². The molecule has 3 heterocycles. The van der Waals surface area contributed by atoms with Crippen molar-refractivity contribution in [3.8, 4) is 11.8 Å². The molecule has 0 unspecified atom stereocenters. The molecule has 0 fully saturated rings. The average Bonchev–Trinajstić information content (AvgIpc) is 3.37. The first-order valence-electron chi connectivity index (χ1n) is 9.94. The number of aliphatic carboxylic acids is 1. The number of para-hydroxylation sites is 1. The van der Waals surface area contributed by atoms with Gasteiger partial charge in [0.15, 0.2) is 5.76 Å². The Labute approximate surface area is 178 Å². The van der Waals surface area contributed by atoms with Gasteiger partial charge in [0.1, 0.15) is 13.2 Å². The van der Waals surface area contributed by atoms with Crippen LogP contribution in [0.3, 0.4) is 0 Å². The zero-order chi connectivity index (χ0) is 21.6. The van der Waals surface area contributed by atoms with E-state index in [0.717, 1.165) is 22.2 Å². The van der Waals surface area contributed by atoms with Crippen LogP contribution in [0.1, 0.15) is 30.4 Å². The Morgan fingerprint density at radius 1 is 1.19 bits per heavy atom. The summed E-state index contributed by atoms with van der Waals surface area (Å²) in [7, 11) is 0. The highest BCUT2D eigenvalue weighted by Gasteiger charge is 2.14. The van der Waals surface area contributed by atoms with Crippen LogP contribution in [0.4, 0.5) is 0 Å². The summed E-state index contributed by atoms with van der Waals surface area (Å²) in [4.78, 5) is 15.4. The van der Waals surface area contributed by atoms with E-state index in [1.165, 1.54) is 0 Å². The zero-order valence-corrected chi connectivity index (χ0v) is 17.0. The molecule has 0 radical (unpaired) electrons. The minimum absolute atomic E-state index is 0.00880. The smallest absolute Gasteiger partial charge is 0.303 e. The van der Waals surface area contributed by atoms with Crippen molar-refractivity contribution < 1.29 is 23.9 Å². The maximum absolute atomic E-state index is 10.9. The summed E-state index contributed by atoms with van der Waals surface area (Å²) in [5.41, 5.74) is 2.44. The topological polar surface area (TPSA) is 113 Å². The summed E-state index contributed by atoms with van der Waals surface area (Å²) in [6.07, 6.45) is 2.11. The summed E-state index contributed by atoms with van der Waals surface area (Å²) in [6.45, 7) is 2.88. The van der Waals surface area contributed by atoms with Gasteiger partial charge in [-0.05, 0) is 30.6 Å². The van der Waals surface area contributed by atoms with Crippen LogP contribution in [0.15, 0.2) is 53.2 Å². The molecule has 0 aliphatic heterocycles. The lowest BCUT2D eigenvalue weighted by Crippen LogP contribution is -2.00. The predicted octanol–water partition coefficient (Wildman–Crippen LogP) is 3.46. The molecule has 0 amide bonds. The van der Waals surface area contributed by atoms with E-state index >= 15 is 0 Å². The Morgan fingerprint density at radius 3 is 2.90 bits per heavy atom. The number of aromatic nitrogens is 4. The number of carbonyl (C=O) groups is 1. The first-order chi connectivity index (χ1) is 15.1. The van der Waals surface area contributed by atoms with Gasteiger partial charge >= 0.3 is 5.97 Å². The van der Waals surface area contributed by atoms with Crippen molar-refractivity contribution in [2.24, 2.45) is 0 Å². The number of hydrogen-bond acceptors (Lipinski definition) is 7. The van der Waals surface area contributed by atoms with E-state index < -0.39 is 5.97 Å². The van der Waals surface area contributed by atoms with Crippen molar-refractivity contribution in [2.45, 2.75) is 32.9 Å². The quantitative estimate of drug-likeness (QED) is 0.413. The molecule has 0 spiro atoms. The number of benzene rings is 1. The van der Waals surface area contributed by atoms with Crippen molar-refractivity contribution >= 4 is 16.9 Å². The van der Waals surface area contributed by atoms with E-state index in [2.05, 4.69) is 15.2 Å². The molecule has 0 aliphatic rings. The van der Waals surface area contributed by atoms with Crippen LogP contribution in [0.5, 0.6) is 11.8 Å². The molecule has 0 atom stereocenters. The van der Waals surface area contributed by atoms with Gasteiger partial charge in [0.2, 0.25) is 5.88 Å². The van der Waals surface area contributed by atoms with Crippen LogP contribution < -0.4 is 9.47 Å². The van der Waals surface area contributed by atoms with Gasteiger partial charge in [0.05, 0.1) is 17.8 Å². The molecule has 3 aromatic heterocycles. The van der Waals surface area contributed by atoms with Crippen LogP contribution in [0.2, 0.25) is 0 Å². The number of ether oxygens (including phenoxy) is 2. The molecule has 0 aliphatic carbocycles. The second kappa shape index (κ2) is 9.29. The standard InChI is InChI=1S/C22H22N4O5/c1-2-29-22-16(8-10-21(27)28)12-26(24-22)13-18-11-20(25-31-18)30-14-17-9-7-15-5-3-4-6-19(15)23-17/h3-7,9,11-12H,2,8,10,13-14H2,1H3,(H,27,28). The van der Waals surface area contributed by atoms with Gasteiger partial charge in [-0.3, -0.25) is 9.48 Å². The molecular formula is C22H22N4O5. The van der Waals surface area contributed by atoms with Gasteiger partial charge < -0.3 is 19.1 Å². The van der Waals surface area contributed by atoms with Crippen molar-refractivity contribution in [3.63, 3.8) is 0 Å². The number of nitrogens with zero attached hydrogens (tertiary/aromatic N) is 4. The summed E-state index contributed by atoms with van der Waals surface area (Å²) in [6, 6.07) is 13.5. The third kappa shape index (κ3) is 5.19. The summed E-state index contributed by atoms with van der Waals surface area (Å²) < 4.78 is 18.2. The second-order valence-corrected chi connectivity index (χ2v) is 6.90. The van der Waals surface area contributed by atoms with E-state index in [0.29, 0.717) is 37.1 Å². The lowest BCUT2D eigenvalue weighted by molar-refractivity contribution is -0.136. The maximum Gasteiger partial charge on any atom is 0.303 e. The molecule has 0 bridgehead atoms. The minimum atomic E-state index is -0.867. The fraction of sp³-hybridized carbons (Fsp3) is 0.273. The highest BCUT2D eigenvalue weighted by molar-refractivity contribution is 5.78. The van der Waals surface area contributed by atoms with Crippen LogP contribution in [-0.4, -0.2) is 37.6 Å². The fourth-order valence-electron chi connectivity index (χ4n) is 3.13. The van der Waals surface area contributed by atoms with Gasteiger partial charge in [-0.1, -0.05) is 24.3 Å². The molecule has 0 saturated heterocycles. The van der Waals surface area contributed by atoms with E-state index in [9.17, 15) is 4.79 Å². The molecule has 1 aromatic carbocycles. The van der Waals surface area contributed by atoms with Crippen LogP contribution in [0.25, 0.3) is 10.9 Å². The lowest BCUT2D eigenvalue weighted by atomic mass is 10.2. The van der Waals surface area contributed by atoms with E-state index in [1.807, 2.05) is 43.3 Å². The van der Waals surface area contributed by atoms with Gasteiger partial charge in [0.25, 0.3) is 5.88 Å². The zero-order valence-electron chi connectivity index (χ0n) is 17.0. The average molecular weight is 422 g/mol. The molecule has 4 rings (SSSR count). The lowest BCUT2D eigenvalue weighted by Gasteiger charge is -2.03. The monoisotopic (exact) mass is 422 g/mol. The van der Waals surface area contributed by atoms with Crippen LogP contribution in [-0.2, 0) is 24.4 Å². The Kier molecular flexibility index (Phi) is 6.11. The van der Waals surface area contributed by atoms with Gasteiger partial charge in [0, 0.05) is 29.6 Å². The summed E-state index contributed by atoms with van der Waals surface area (Å²) in [5.74, 6) is 0.472. The highest BCUT2D eigenvalue weighted by atomic mass is 16.5. The van der Waals surface area contributed by atoms with Gasteiger partial charge in [-0.25, -0.2) is 4.98 Å². The minimum Gasteiger partial charge on any atom is -0.481 e. The summed E-state index contributed by atoms with van der Waals surface area (Å²) >= 11 is 0. The number of aryl methyl sites for hydroxylation is 1.